The number of hydrogen-bond acceptors (Lipinski definition) is 5. The van der Waals surface area contributed by atoms with Gasteiger partial charge in [0.05, 0.1) is 23.1 Å². The Bertz CT molecular complexity index is 1070. The third-order valence-electron chi connectivity index (χ3n) is 4.44. The second-order valence-corrected chi connectivity index (χ2v) is 8.01. The average Bonchev–Trinajstić information content (AvgIpc) is 3.18. The molecule has 2 heterocycles. The molecule has 1 aromatic heterocycles. The summed E-state index contributed by atoms with van der Waals surface area (Å²) in [6.07, 6.45) is 0.788. The monoisotopic (exact) mass is 442 g/mol. The van der Waals surface area contributed by atoms with E-state index in [2.05, 4.69) is 10.6 Å². The molecule has 2 amide bonds. The fourth-order valence-corrected chi connectivity index (χ4v) is 3.92. The summed E-state index contributed by atoms with van der Waals surface area (Å²) in [5.74, 6) is 0.663. The Hall–Kier alpha value is -3.03. The minimum absolute atomic E-state index is 0.204. The molecule has 1 aliphatic heterocycles. The van der Waals surface area contributed by atoms with Crippen molar-refractivity contribution in [3.8, 4) is 11.5 Å². The van der Waals surface area contributed by atoms with Crippen LogP contribution in [0, 0.1) is 0 Å². The number of carbonyl (C=O) groups excluding carboxylic acids is 2. The summed E-state index contributed by atoms with van der Waals surface area (Å²) in [4.78, 5) is 25.4. The smallest absolute Gasteiger partial charge is 0.265 e. The summed E-state index contributed by atoms with van der Waals surface area (Å²) >= 11 is 7.66. The molecule has 8 heteroatoms. The van der Waals surface area contributed by atoms with Crippen LogP contribution in [0.4, 0.5) is 5.69 Å². The van der Waals surface area contributed by atoms with E-state index in [-0.39, 0.29) is 18.4 Å². The number of amides is 2. The summed E-state index contributed by atoms with van der Waals surface area (Å²) in [7, 11) is 0. The Balaban J connectivity index is 1.41. The zero-order chi connectivity index (χ0) is 20.9. The maximum Gasteiger partial charge on any atom is 0.265 e. The fraction of sp³-hybridized carbons (Fsp3) is 0.182. The first-order chi connectivity index (χ1) is 14.6. The van der Waals surface area contributed by atoms with Crippen molar-refractivity contribution in [1.82, 2.24) is 5.32 Å². The molecule has 0 unspecified atom stereocenters. The van der Waals surface area contributed by atoms with E-state index in [0.29, 0.717) is 45.9 Å². The van der Waals surface area contributed by atoms with E-state index in [1.54, 1.807) is 36.4 Å². The van der Waals surface area contributed by atoms with Gasteiger partial charge in [0.15, 0.2) is 11.5 Å². The van der Waals surface area contributed by atoms with Crippen molar-refractivity contribution in [1.29, 1.82) is 0 Å². The van der Waals surface area contributed by atoms with Gasteiger partial charge < -0.3 is 20.1 Å². The molecular weight excluding hydrogens is 424 g/mol. The standard InChI is InChI=1S/C22H19ClN2O4S/c23-17-10-14(11-18-20(17)29-8-3-7-28-18)13-24-21(26)15-4-1-5-16(12-15)25-22(27)19-6-2-9-30-19/h1-2,4-6,9-12H,3,7-8,13H2,(H,24,26)(H,25,27). The molecule has 1 aliphatic rings. The maximum absolute atomic E-state index is 12.6. The molecule has 4 rings (SSSR count). The summed E-state index contributed by atoms with van der Waals surface area (Å²) < 4.78 is 11.3. The number of thiophene rings is 1. The lowest BCUT2D eigenvalue weighted by molar-refractivity contribution is 0.0949. The highest BCUT2D eigenvalue weighted by Gasteiger charge is 2.16. The molecule has 0 bridgehead atoms. The zero-order valence-electron chi connectivity index (χ0n) is 15.9. The molecule has 2 aromatic carbocycles. The second-order valence-electron chi connectivity index (χ2n) is 6.65. The highest BCUT2D eigenvalue weighted by molar-refractivity contribution is 7.12. The van der Waals surface area contributed by atoms with Crippen LogP contribution in [0.5, 0.6) is 11.5 Å². The van der Waals surface area contributed by atoms with Gasteiger partial charge in [0.25, 0.3) is 11.8 Å². The molecule has 3 aromatic rings. The van der Waals surface area contributed by atoms with Crippen molar-refractivity contribution in [2.75, 3.05) is 18.5 Å². The number of halogens is 1. The number of nitrogens with one attached hydrogen (secondary N) is 2. The normalized spacial score (nSPS) is 12.7. The number of fused-ring (bicyclic) bond motifs is 1. The van der Waals surface area contributed by atoms with Crippen molar-refractivity contribution < 1.29 is 19.1 Å². The molecule has 0 fully saturated rings. The van der Waals surface area contributed by atoms with E-state index in [4.69, 9.17) is 21.1 Å². The lowest BCUT2D eigenvalue weighted by atomic mass is 10.1. The van der Waals surface area contributed by atoms with E-state index in [9.17, 15) is 9.59 Å². The van der Waals surface area contributed by atoms with Crippen LogP contribution in [0.15, 0.2) is 53.9 Å². The molecule has 154 valence electrons. The Morgan fingerprint density at radius 2 is 1.90 bits per heavy atom. The first-order valence-corrected chi connectivity index (χ1v) is 10.7. The van der Waals surface area contributed by atoms with Crippen molar-refractivity contribution in [3.63, 3.8) is 0 Å². The molecule has 0 aliphatic carbocycles. The largest absolute Gasteiger partial charge is 0.489 e. The summed E-state index contributed by atoms with van der Waals surface area (Å²) in [6, 6.07) is 13.9. The minimum Gasteiger partial charge on any atom is -0.489 e. The molecule has 6 nitrogen and oxygen atoms in total. The SMILES string of the molecule is O=C(NCc1cc(Cl)c2c(c1)OCCCO2)c1cccc(NC(=O)c2cccs2)c1. The lowest BCUT2D eigenvalue weighted by Crippen LogP contribution is -2.23. The number of carbonyl (C=O) groups is 2. The molecule has 0 saturated carbocycles. The molecule has 0 saturated heterocycles. The van der Waals surface area contributed by atoms with Gasteiger partial charge in [-0.25, -0.2) is 0 Å². The number of ether oxygens (including phenoxy) is 2. The molecule has 30 heavy (non-hydrogen) atoms. The van der Waals surface area contributed by atoms with Gasteiger partial charge in [-0.15, -0.1) is 11.3 Å². The van der Waals surface area contributed by atoms with Crippen LogP contribution >= 0.6 is 22.9 Å². The lowest BCUT2D eigenvalue weighted by Gasteiger charge is -2.12. The van der Waals surface area contributed by atoms with Crippen LogP contribution < -0.4 is 20.1 Å². The van der Waals surface area contributed by atoms with E-state index >= 15 is 0 Å². The van der Waals surface area contributed by atoms with Crippen LogP contribution in [0.3, 0.4) is 0 Å². The van der Waals surface area contributed by atoms with Crippen molar-refractivity contribution in [2.45, 2.75) is 13.0 Å². The van der Waals surface area contributed by atoms with Gasteiger partial charge in [-0.05, 0) is 47.3 Å². The van der Waals surface area contributed by atoms with E-state index < -0.39 is 0 Å². The van der Waals surface area contributed by atoms with E-state index in [1.807, 2.05) is 17.5 Å². The number of rotatable bonds is 5. The second kappa shape index (κ2) is 9.19. The molecular formula is C22H19ClN2O4S. The number of hydrogen-bond donors (Lipinski definition) is 2. The summed E-state index contributed by atoms with van der Waals surface area (Å²) in [5.41, 5.74) is 1.80. The number of benzene rings is 2. The Kier molecular flexibility index (Phi) is 6.21. The molecule has 0 spiro atoms. The minimum atomic E-state index is -0.259. The van der Waals surface area contributed by atoms with Gasteiger partial charge in [-0.2, -0.15) is 0 Å². The van der Waals surface area contributed by atoms with E-state index in [1.165, 1.54) is 11.3 Å². The van der Waals surface area contributed by atoms with Crippen molar-refractivity contribution in [2.24, 2.45) is 0 Å². The third-order valence-corrected chi connectivity index (χ3v) is 5.59. The Morgan fingerprint density at radius 3 is 2.73 bits per heavy atom. The van der Waals surface area contributed by atoms with Gasteiger partial charge >= 0.3 is 0 Å². The van der Waals surface area contributed by atoms with E-state index in [0.717, 1.165) is 12.0 Å². The van der Waals surface area contributed by atoms with Crippen LogP contribution in [0.1, 0.15) is 32.0 Å². The molecule has 0 radical (unpaired) electrons. The van der Waals surface area contributed by atoms with Crippen LogP contribution in [-0.4, -0.2) is 25.0 Å². The summed E-state index contributed by atoms with van der Waals surface area (Å²) in [6.45, 7) is 1.40. The Labute approximate surface area is 182 Å². The van der Waals surface area contributed by atoms with Gasteiger partial charge in [0.1, 0.15) is 0 Å². The Morgan fingerprint density at radius 1 is 1.03 bits per heavy atom. The highest BCUT2D eigenvalue weighted by Crippen LogP contribution is 2.38. The highest BCUT2D eigenvalue weighted by atomic mass is 35.5. The predicted molar refractivity (Wildman–Crippen MR) is 117 cm³/mol. The first-order valence-electron chi connectivity index (χ1n) is 9.41. The van der Waals surface area contributed by atoms with Gasteiger partial charge in [-0.1, -0.05) is 23.7 Å². The predicted octanol–water partition coefficient (Wildman–Crippen LogP) is 4.75. The summed E-state index contributed by atoms with van der Waals surface area (Å²) in [5, 5.41) is 7.97. The van der Waals surface area contributed by atoms with Gasteiger partial charge in [0.2, 0.25) is 0 Å². The van der Waals surface area contributed by atoms with Crippen molar-refractivity contribution in [3.05, 3.63) is 74.9 Å². The van der Waals surface area contributed by atoms with Gasteiger partial charge in [-0.3, -0.25) is 9.59 Å². The molecule has 0 atom stereocenters. The van der Waals surface area contributed by atoms with Gasteiger partial charge in [0, 0.05) is 24.2 Å². The maximum atomic E-state index is 12.6. The van der Waals surface area contributed by atoms with Crippen molar-refractivity contribution >= 4 is 40.4 Å². The first kappa shape index (κ1) is 20.3. The van der Waals surface area contributed by atoms with Crippen LogP contribution in [0.2, 0.25) is 5.02 Å². The average molecular weight is 443 g/mol. The zero-order valence-corrected chi connectivity index (χ0v) is 17.5. The number of anilines is 1. The van der Waals surface area contributed by atoms with Crippen LogP contribution in [0.25, 0.3) is 0 Å². The fourth-order valence-electron chi connectivity index (χ4n) is 3.01. The molecule has 2 N–H and O–H groups in total. The van der Waals surface area contributed by atoms with Crippen LogP contribution in [-0.2, 0) is 6.54 Å². The topological polar surface area (TPSA) is 76.7 Å². The third kappa shape index (κ3) is 4.75. The quantitative estimate of drug-likeness (QED) is 0.598.